The number of halogens is 3. The van der Waals surface area contributed by atoms with E-state index < -0.39 is 6.36 Å². The zero-order valence-corrected chi connectivity index (χ0v) is 18.1. The number of rotatable bonds is 7. The average molecular weight is 462 g/mol. The highest BCUT2D eigenvalue weighted by atomic mass is 19.4. The zero-order chi connectivity index (χ0) is 23.5. The van der Waals surface area contributed by atoms with Crippen molar-refractivity contribution in [3.05, 3.63) is 97.1 Å². The van der Waals surface area contributed by atoms with Gasteiger partial charge in [0.15, 0.2) is 5.82 Å². The molecule has 0 saturated carbocycles. The second kappa shape index (κ2) is 9.05. The summed E-state index contributed by atoms with van der Waals surface area (Å²) < 4.78 is 44.6. The monoisotopic (exact) mass is 462 g/mol. The fourth-order valence-electron chi connectivity index (χ4n) is 3.88. The van der Waals surface area contributed by atoms with E-state index in [2.05, 4.69) is 68.2 Å². The van der Waals surface area contributed by atoms with Gasteiger partial charge in [0.25, 0.3) is 0 Å². The molecule has 0 unspecified atom stereocenters. The molecule has 5 rings (SSSR count). The summed E-state index contributed by atoms with van der Waals surface area (Å²) >= 11 is 0. The van der Waals surface area contributed by atoms with Crippen molar-refractivity contribution >= 4 is 10.8 Å². The summed E-state index contributed by atoms with van der Waals surface area (Å²) in [5.41, 5.74) is 2.69. The fourth-order valence-corrected chi connectivity index (χ4v) is 3.88. The highest BCUT2D eigenvalue weighted by Crippen LogP contribution is 2.24. The van der Waals surface area contributed by atoms with E-state index in [1.165, 1.54) is 51.6 Å². The second-order valence-electron chi connectivity index (χ2n) is 7.98. The van der Waals surface area contributed by atoms with Crippen molar-refractivity contribution in [1.29, 1.82) is 0 Å². The summed E-state index contributed by atoms with van der Waals surface area (Å²) in [6, 6.07) is 22.0. The van der Waals surface area contributed by atoms with Gasteiger partial charge in [-0.25, -0.2) is 9.67 Å². The molecule has 0 radical (unpaired) electrons. The molecule has 0 saturated heterocycles. The molecule has 2 aromatic heterocycles. The predicted octanol–water partition coefficient (Wildman–Crippen LogP) is 6.42. The molecule has 0 N–H and O–H groups in total. The van der Waals surface area contributed by atoms with E-state index >= 15 is 0 Å². The highest BCUT2D eigenvalue weighted by Gasteiger charge is 2.31. The Bertz CT molecular complexity index is 1350. The first kappa shape index (κ1) is 21.8. The summed E-state index contributed by atoms with van der Waals surface area (Å²) in [7, 11) is 0. The van der Waals surface area contributed by atoms with Gasteiger partial charge in [0.2, 0.25) is 0 Å². The molecular formula is C26H21F3N4O. The number of aromatic nitrogens is 4. The quantitative estimate of drug-likeness (QED) is 0.280. The molecule has 172 valence electrons. The maximum absolute atomic E-state index is 12.3. The van der Waals surface area contributed by atoms with Crippen LogP contribution in [0.15, 0.2) is 91.5 Å². The van der Waals surface area contributed by atoms with Crippen LogP contribution in [0.3, 0.4) is 0 Å². The molecule has 5 aromatic rings. The molecule has 0 fully saturated rings. The maximum atomic E-state index is 12.3. The molecule has 8 heteroatoms. The summed E-state index contributed by atoms with van der Waals surface area (Å²) in [5.74, 6) is 0.262. The molecule has 3 aromatic carbocycles. The first-order valence-electron chi connectivity index (χ1n) is 10.8. The van der Waals surface area contributed by atoms with Gasteiger partial charge in [0, 0.05) is 24.5 Å². The Kier molecular flexibility index (Phi) is 5.79. The van der Waals surface area contributed by atoms with Gasteiger partial charge in [-0.05, 0) is 53.4 Å². The van der Waals surface area contributed by atoms with Crippen LogP contribution in [0.4, 0.5) is 13.2 Å². The largest absolute Gasteiger partial charge is 0.573 e. The smallest absolute Gasteiger partial charge is 0.406 e. The van der Waals surface area contributed by atoms with E-state index in [1.54, 1.807) is 0 Å². The van der Waals surface area contributed by atoms with Crippen molar-refractivity contribution in [3.63, 3.8) is 0 Å². The van der Waals surface area contributed by atoms with Gasteiger partial charge in [-0.1, -0.05) is 48.5 Å². The van der Waals surface area contributed by atoms with Gasteiger partial charge in [-0.3, -0.25) is 0 Å². The van der Waals surface area contributed by atoms with Crippen LogP contribution in [-0.2, 0) is 13.0 Å². The molecule has 0 atom stereocenters. The van der Waals surface area contributed by atoms with Crippen LogP contribution in [0.25, 0.3) is 27.8 Å². The summed E-state index contributed by atoms with van der Waals surface area (Å²) in [6.07, 6.45) is 3.16. The number of fused-ring (bicyclic) bond motifs is 1. The Morgan fingerprint density at radius 3 is 2.15 bits per heavy atom. The number of benzene rings is 3. The average Bonchev–Trinajstić information content (AvgIpc) is 3.46. The minimum atomic E-state index is -4.72. The number of hydrogen-bond acceptors (Lipinski definition) is 3. The maximum Gasteiger partial charge on any atom is 0.573 e. The molecule has 0 amide bonds. The lowest BCUT2D eigenvalue weighted by Crippen LogP contribution is -2.17. The molecule has 2 heterocycles. The third kappa shape index (κ3) is 5.11. The van der Waals surface area contributed by atoms with Crippen molar-refractivity contribution < 1.29 is 17.9 Å². The first-order chi connectivity index (χ1) is 16.4. The molecule has 0 aliphatic rings. The summed E-state index contributed by atoms with van der Waals surface area (Å²) in [5, 5.41) is 6.95. The van der Waals surface area contributed by atoms with Gasteiger partial charge in [0.05, 0.1) is 5.69 Å². The summed E-state index contributed by atoms with van der Waals surface area (Å²) in [6.45, 7) is 0.954. The predicted molar refractivity (Wildman–Crippen MR) is 124 cm³/mol. The van der Waals surface area contributed by atoms with Crippen molar-refractivity contribution in [2.75, 3.05) is 0 Å². The molecule has 0 aliphatic carbocycles. The number of ether oxygens (including phenoxy) is 1. The minimum absolute atomic E-state index is 0.280. The van der Waals surface area contributed by atoms with Gasteiger partial charge in [-0.15, -0.1) is 18.3 Å². The van der Waals surface area contributed by atoms with Crippen molar-refractivity contribution in [2.24, 2.45) is 0 Å². The molecule has 34 heavy (non-hydrogen) atoms. The lowest BCUT2D eigenvalue weighted by Gasteiger charge is -2.09. The Morgan fingerprint density at radius 1 is 0.824 bits per heavy atom. The normalized spacial score (nSPS) is 11.7. The van der Waals surface area contributed by atoms with Crippen LogP contribution in [0, 0.1) is 0 Å². The Morgan fingerprint density at radius 2 is 1.50 bits per heavy atom. The van der Waals surface area contributed by atoms with Gasteiger partial charge >= 0.3 is 6.36 Å². The lowest BCUT2D eigenvalue weighted by atomic mass is 10.1. The second-order valence-corrected chi connectivity index (χ2v) is 7.98. The molecular weight excluding hydrogens is 441 g/mol. The summed E-state index contributed by atoms with van der Waals surface area (Å²) in [4.78, 5) is 4.33. The number of aryl methyl sites for hydroxylation is 2. The Hall–Kier alpha value is -4.07. The topological polar surface area (TPSA) is 44.9 Å². The van der Waals surface area contributed by atoms with E-state index in [9.17, 15) is 13.2 Å². The van der Waals surface area contributed by atoms with E-state index in [-0.39, 0.29) is 5.75 Å². The molecule has 0 spiro atoms. The van der Waals surface area contributed by atoms with Crippen LogP contribution < -0.4 is 4.74 Å². The third-order valence-electron chi connectivity index (χ3n) is 5.53. The molecule has 0 aliphatic heterocycles. The highest BCUT2D eigenvalue weighted by molar-refractivity contribution is 5.82. The van der Waals surface area contributed by atoms with E-state index in [0.29, 0.717) is 11.5 Å². The Balaban J connectivity index is 1.19. The van der Waals surface area contributed by atoms with Crippen LogP contribution in [0.2, 0.25) is 0 Å². The minimum Gasteiger partial charge on any atom is -0.406 e. The van der Waals surface area contributed by atoms with Crippen LogP contribution in [0.1, 0.15) is 12.0 Å². The molecule has 0 bridgehead atoms. The number of alkyl halides is 3. The number of hydrogen-bond donors (Lipinski definition) is 0. The van der Waals surface area contributed by atoms with Gasteiger partial charge in [-0.2, -0.15) is 0 Å². The molecule has 5 nitrogen and oxygen atoms in total. The third-order valence-corrected chi connectivity index (χ3v) is 5.53. The van der Waals surface area contributed by atoms with Crippen molar-refractivity contribution in [2.45, 2.75) is 25.7 Å². The fraction of sp³-hybridized carbons (Fsp3) is 0.154. The van der Waals surface area contributed by atoms with Crippen molar-refractivity contribution in [1.82, 2.24) is 19.3 Å². The van der Waals surface area contributed by atoms with Crippen molar-refractivity contribution in [3.8, 4) is 22.8 Å². The van der Waals surface area contributed by atoms with Crippen LogP contribution in [-0.4, -0.2) is 25.7 Å². The first-order valence-corrected chi connectivity index (χ1v) is 10.8. The van der Waals surface area contributed by atoms with Gasteiger partial charge < -0.3 is 9.30 Å². The number of nitrogens with zero attached hydrogens (tertiary/aromatic N) is 4. The van der Waals surface area contributed by atoms with Crippen LogP contribution in [0.5, 0.6) is 5.75 Å². The lowest BCUT2D eigenvalue weighted by molar-refractivity contribution is -0.274. The standard InChI is InChI=1S/C26H21F3N4O/c27-26(28,29)34-24-13-11-23(12-14-24)33-18-30-25(31-33)20-9-7-19(8-10-20)4-3-15-32-16-21-5-1-2-6-22(21)17-32/h1-2,5-14,16-18H,3-4,15H2. The SMILES string of the molecule is FC(F)(F)Oc1ccc(-n2cnc(-c3ccc(CCCn4cc5ccccc5c4)cc3)n2)cc1. The van der Waals surface area contributed by atoms with E-state index in [0.717, 1.165) is 24.9 Å². The Labute approximate surface area is 194 Å². The van der Waals surface area contributed by atoms with E-state index in [1.807, 2.05) is 12.1 Å². The van der Waals surface area contributed by atoms with Crippen LogP contribution >= 0.6 is 0 Å². The van der Waals surface area contributed by atoms with E-state index in [4.69, 9.17) is 0 Å². The zero-order valence-electron chi connectivity index (χ0n) is 18.1. The van der Waals surface area contributed by atoms with Gasteiger partial charge in [0.1, 0.15) is 12.1 Å².